The Hall–Kier alpha value is -2.58. The molecule has 0 spiro atoms. The minimum absolute atomic E-state index is 0.0866. The van der Waals surface area contributed by atoms with Crippen molar-refractivity contribution in [2.24, 2.45) is 0 Å². The molecule has 1 heterocycles. The van der Waals surface area contributed by atoms with Gasteiger partial charge in [0.25, 0.3) is 5.91 Å². The van der Waals surface area contributed by atoms with E-state index in [1.807, 2.05) is 18.2 Å². The van der Waals surface area contributed by atoms with E-state index in [9.17, 15) is 9.59 Å². The van der Waals surface area contributed by atoms with Crippen molar-refractivity contribution >= 4 is 27.6 Å². The predicted octanol–water partition coefficient (Wildman–Crippen LogP) is 3.91. The van der Waals surface area contributed by atoms with Crippen molar-refractivity contribution in [3.63, 3.8) is 0 Å². The number of halogens is 1. The van der Waals surface area contributed by atoms with Gasteiger partial charge in [-0.3, -0.25) is 4.79 Å². The van der Waals surface area contributed by atoms with Crippen LogP contribution < -0.4 is 14.2 Å². The van der Waals surface area contributed by atoms with Crippen LogP contribution >= 0.6 is 15.9 Å². The smallest absolute Gasteiger partial charge is 0.255 e. The SMILES string of the molecule is COc1ccc(Br)c(C(=O)N2CCOC(COc3ccc(CCC(C)=O)cc3OC)C2)c1. The number of morpholine rings is 1. The molecule has 1 aliphatic rings. The third kappa shape index (κ3) is 6.23. The number of ether oxygens (including phenoxy) is 4. The summed E-state index contributed by atoms with van der Waals surface area (Å²) in [5, 5.41) is 0. The van der Waals surface area contributed by atoms with Gasteiger partial charge >= 0.3 is 0 Å². The van der Waals surface area contributed by atoms with Gasteiger partial charge < -0.3 is 28.6 Å². The molecule has 7 nitrogen and oxygen atoms in total. The Balaban J connectivity index is 1.62. The van der Waals surface area contributed by atoms with Gasteiger partial charge in [0.2, 0.25) is 0 Å². The van der Waals surface area contributed by atoms with Crippen molar-refractivity contribution < 1.29 is 28.5 Å². The third-order valence-electron chi connectivity index (χ3n) is 5.25. The number of Topliss-reactive ketones (excluding diaryl/α,β-unsaturated/α-hetero) is 1. The summed E-state index contributed by atoms with van der Waals surface area (Å²) in [5.41, 5.74) is 1.56. The highest BCUT2D eigenvalue weighted by Crippen LogP contribution is 2.29. The lowest BCUT2D eigenvalue weighted by atomic mass is 10.1. The lowest BCUT2D eigenvalue weighted by Crippen LogP contribution is -2.47. The Morgan fingerprint density at radius 2 is 1.94 bits per heavy atom. The molecule has 172 valence electrons. The quantitative estimate of drug-likeness (QED) is 0.514. The number of carbonyl (C=O) groups excluding carboxylic acids is 2. The van der Waals surface area contributed by atoms with E-state index in [0.29, 0.717) is 55.4 Å². The van der Waals surface area contributed by atoms with Gasteiger partial charge in [0, 0.05) is 17.4 Å². The van der Waals surface area contributed by atoms with Gasteiger partial charge in [-0.15, -0.1) is 0 Å². The molecular weight excluding hydrogens is 478 g/mol. The van der Waals surface area contributed by atoms with E-state index in [4.69, 9.17) is 18.9 Å². The molecule has 2 aromatic rings. The fourth-order valence-corrected chi connectivity index (χ4v) is 3.88. The molecule has 0 aliphatic carbocycles. The van der Waals surface area contributed by atoms with Gasteiger partial charge in [-0.25, -0.2) is 0 Å². The molecule has 0 radical (unpaired) electrons. The molecule has 0 saturated carbocycles. The number of nitrogens with zero attached hydrogens (tertiary/aromatic N) is 1. The number of aryl methyl sites for hydroxylation is 1. The van der Waals surface area contributed by atoms with Crippen molar-refractivity contribution in [3.8, 4) is 17.2 Å². The average Bonchev–Trinajstić information content (AvgIpc) is 2.81. The molecule has 32 heavy (non-hydrogen) atoms. The van der Waals surface area contributed by atoms with Crippen LogP contribution in [0.15, 0.2) is 40.9 Å². The van der Waals surface area contributed by atoms with E-state index in [1.54, 1.807) is 44.2 Å². The average molecular weight is 506 g/mol. The number of hydrogen-bond acceptors (Lipinski definition) is 6. The molecule has 1 unspecified atom stereocenters. The monoisotopic (exact) mass is 505 g/mol. The summed E-state index contributed by atoms with van der Waals surface area (Å²) in [6, 6.07) is 11.0. The molecule has 1 atom stereocenters. The molecule has 1 amide bonds. The van der Waals surface area contributed by atoms with Gasteiger partial charge in [0.1, 0.15) is 24.2 Å². The summed E-state index contributed by atoms with van der Waals surface area (Å²) < 4.78 is 23.2. The van der Waals surface area contributed by atoms with Crippen LogP contribution in [0.2, 0.25) is 0 Å². The number of methoxy groups -OCH3 is 2. The van der Waals surface area contributed by atoms with Crippen LogP contribution in [0.3, 0.4) is 0 Å². The number of carbonyl (C=O) groups is 2. The molecule has 0 N–H and O–H groups in total. The van der Waals surface area contributed by atoms with Crippen molar-refractivity contribution in [1.29, 1.82) is 0 Å². The van der Waals surface area contributed by atoms with E-state index in [0.717, 1.165) is 10.0 Å². The molecule has 1 saturated heterocycles. The Kier molecular flexibility index (Phi) is 8.53. The first-order valence-electron chi connectivity index (χ1n) is 10.4. The van der Waals surface area contributed by atoms with Crippen molar-refractivity contribution in [2.45, 2.75) is 25.9 Å². The maximum Gasteiger partial charge on any atom is 0.255 e. The molecule has 0 bridgehead atoms. The van der Waals surface area contributed by atoms with E-state index in [1.165, 1.54) is 0 Å². The Bertz CT molecular complexity index is 964. The van der Waals surface area contributed by atoms with Gasteiger partial charge in [-0.2, -0.15) is 0 Å². The lowest BCUT2D eigenvalue weighted by molar-refractivity contribution is -0.116. The summed E-state index contributed by atoms with van der Waals surface area (Å²) in [6.45, 7) is 3.23. The summed E-state index contributed by atoms with van der Waals surface area (Å²) in [4.78, 5) is 26.0. The van der Waals surface area contributed by atoms with E-state index < -0.39 is 0 Å². The lowest BCUT2D eigenvalue weighted by Gasteiger charge is -2.33. The maximum absolute atomic E-state index is 13.1. The summed E-state index contributed by atoms with van der Waals surface area (Å²) in [5.74, 6) is 1.90. The Morgan fingerprint density at radius 1 is 1.12 bits per heavy atom. The number of rotatable bonds is 9. The zero-order chi connectivity index (χ0) is 23.1. The third-order valence-corrected chi connectivity index (χ3v) is 5.94. The molecule has 0 aromatic heterocycles. The molecule has 3 rings (SSSR count). The van der Waals surface area contributed by atoms with Crippen LogP contribution in [0.1, 0.15) is 29.3 Å². The van der Waals surface area contributed by atoms with Crippen LogP contribution in [0.4, 0.5) is 0 Å². The van der Waals surface area contributed by atoms with Crippen LogP contribution in [-0.2, 0) is 16.0 Å². The number of ketones is 1. The van der Waals surface area contributed by atoms with Crippen LogP contribution in [0.25, 0.3) is 0 Å². The zero-order valence-corrected chi connectivity index (χ0v) is 20.1. The Morgan fingerprint density at radius 3 is 2.66 bits per heavy atom. The van der Waals surface area contributed by atoms with Gasteiger partial charge in [-0.05, 0) is 65.2 Å². The highest BCUT2D eigenvalue weighted by Gasteiger charge is 2.27. The van der Waals surface area contributed by atoms with E-state index >= 15 is 0 Å². The van der Waals surface area contributed by atoms with Crippen molar-refractivity contribution in [3.05, 3.63) is 52.0 Å². The predicted molar refractivity (Wildman–Crippen MR) is 124 cm³/mol. The fraction of sp³-hybridized carbons (Fsp3) is 0.417. The zero-order valence-electron chi connectivity index (χ0n) is 18.6. The largest absolute Gasteiger partial charge is 0.497 e. The fourth-order valence-electron chi connectivity index (χ4n) is 3.46. The molecule has 1 aliphatic heterocycles. The minimum atomic E-state index is -0.265. The first-order chi connectivity index (χ1) is 15.4. The van der Waals surface area contributed by atoms with Gasteiger partial charge in [0.15, 0.2) is 11.5 Å². The molecular formula is C24H28BrNO6. The van der Waals surface area contributed by atoms with E-state index in [-0.39, 0.29) is 24.4 Å². The number of hydrogen-bond donors (Lipinski definition) is 0. The van der Waals surface area contributed by atoms with Crippen LogP contribution in [0, 0.1) is 0 Å². The summed E-state index contributed by atoms with van der Waals surface area (Å²) >= 11 is 3.45. The summed E-state index contributed by atoms with van der Waals surface area (Å²) in [6.07, 6.45) is 0.889. The highest BCUT2D eigenvalue weighted by atomic mass is 79.9. The van der Waals surface area contributed by atoms with Crippen molar-refractivity contribution in [1.82, 2.24) is 4.90 Å². The van der Waals surface area contributed by atoms with Crippen LogP contribution in [-0.4, -0.2) is 63.2 Å². The second-order valence-corrected chi connectivity index (χ2v) is 8.44. The summed E-state index contributed by atoms with van der Waals surface area (Å²) in [7, 11) is 3.16. The van der Waals surface area contributed by atoms with Crippen molar-refractivity contribution in [2.75, 3.05) is 40.5 Å². The highest BCUT2D eigenvalue weighted by molar-refractivity contribution is 9.10. The first-order valence-corrected chi connectivity index (χ1v) is 11.2. The standard InChI is InChI=1S/C24H28BrNO6/c1-16(27)4-5-17-6-9-22(23(12-17)30-3)32-15-19-14-26(10-11-31-19)24(28)20-13-18(29-2)7-8-21(20)25/h6-9,12-13,19H,4-5,10-11,14-15H2,1-3H3. The van der Waals surface area contributed by atoms with Crippen LogP contribution in [0.5, 0.6) is 17.2 Å². The number of amides is 1. The number of benzene rings is 2. The van der Waals surface area contributed by atoms with E-state index in [2.05, 4.69) is 15.9 Å². The topological polar surface area (TPSA) is 74.3 Å². The minimum Gasteiger partial charge on any atom is -0.497 e. The maximum atomic E-state index is 13.1. The van der Waals surface area contributed by atoms with Gasteiger partial charge in [0.05, 0.1) is 32.9 Å². The first kappa shape index (κ1) is 24.1. The molecule has 2 aromatic carbocycles. The second kappa shape index (κ2) is 11.3. The normalized spacial score (nSPS) is 15.9. The molecule has 1 fully saturated rings. The molecule has 8 heteroatoms. The van der Waals surface area contributed by atoms with Gasteiger partial charge in [-0.1, -0.05) is 6.07 Å². The second-order valence-electron chi connectivity index (χ2n) is 7.59. The Labute approximate surface area is 196 Å².